The van der Waals surface area contributed by atoms with Crippen LogP contribution in [0.15, 0.2) is 82.6 Å². The first-order chi connectivity index (χ1) is 16.6. The summed E-state index contributed by atoms with van der Waals surface area (Å²) in [6.07, 6.45) is 2.67. The molecule has 1 heterocycles. The number of anilines is 1. The van der Waals surface area contributed by atoms with Crippen molar-refractivity contribution in [3.8, 4) is 0 Å². The number of fused-ring (bicyclic) bond motifs is 1. The van der Waals surface area contributed by atoms with Crippen LogP contribution >= 0.6 is 11.8 Å². The third-order valence-corrected chi connectivity index (χ3v) is 6.78. The van der Waals surface area contributed by atoms with E-state index in [9.17, 15) is 9.59 Å². The van der Waals surface area contributed by atoms with Crippen LogP contribution in [0.1, 0.15) is 33.5 Å². The molecule has 0 spiro atoms. The summed E-state index contributed by atoms with van der Waals surface area (Å²) in [7, 11) is 1.64. The fourth-order valence-electron chi connectivity index (χ4n) is 3.78. The van der Waals surface area contributed by atoms with Crippen molar-refractivity contribution in [3.05, 3.63) is 100.0 Å². The molecule has 0 fully saturated rings. The van der Waals surface area contributed by atoms with Crippen LogP contribution in [0.5, 0.6) is 0 Å². The molecule has 3 aromatic rings. The molecular weight excluding hydrogens is 444 g/mol. The summed E-state index contributed by atoms with van der Waals surface area (Å²) in [5, 5.41) is 2.89. The number of thioether (sulfide) groups is 1. The number of para-hydroxylation sites is 1. The van der Waals surface area contributed by atoms with E-state index in [2.05, 4.69) is 24.4 Å². The molecule has 0 aromatic heterocycles. The molecule has 0 unspecified atom stereocenters. The maximum atomic E-state index is 13.5. The van der Waals surface area contributed by atoms with Gasteiger partial charge in [0.1, 0.15) is 0 Å². The number of amides is 2. The average molecular weight is 473 g/mol. The highest BCUT2D eigenvalue weighted by Gasteiger charge is 2.29. The van der Waals surface area contributed by atoms with Crippen molar-refractivity contribution in [2.75, 3.05) is 25.2 Å². The number of nitrogens with zero attached hydrogens (tertiary/aromatic N) is 1. The van der Waals surface area contributed by atoms with E-state index in [1.807, 2.05) is 59.5 Å². The van der Waals surface area contributed by atoms with Gasteiger partial charge in [0.2, 0.25) is 0 Å². The summed E-state index contributed by atoms with van der Waals surface area (Å²) in [5.74, 6) is -0.135. The quantitative estimate of drug-likeness (QED) is 0.350. The minimum absolute atomic E-state index is 0.0214. The van der Waals surface area contributed by atoms with Crippen molar-refractivity contribution in [1.82, 2.24) is 5.32 Å². The van der Waals surface area contributed by atoms with Gasteiger partial charge >= 0.3 is 0 Å². The molecule has 0 saturated carbocycles. The Morgan fingerprint density at radius 3 is 2.53 bits per heavy atom. The van der Waals surface area contributed by atoms with Crippen molar-refractivity contribution in [1.29, 1.82) is 0 Å². The van der Waals surface area contributed by atoms with Gasteiger partial charge in [-0.15, -0.1) is 0 Å². The number of carbonyl (C=O) groups is 2. The van der Waals surface area contributed by atoms with Crippen LogP contribution in [-0.2, 0) is 16.1 Å². The van der Waals surface area contributed by atoms with Gasteiger partial charge < -0.3 is 15.0 Å². The summed E-state index contributed by atoms with van der Waals surface area (Å²) in [6, 6.07) is 23.5. The largest absolute Gasteiger partial charge is 0.385 e. The molecule has 2 amide bonds. The number of aryl methyl sites for hydroxylation is 1. The van der Waals surface area contributed by atoms with Gasteiger partial charge in [0.05, 0.1) is 17.1 Å². The van der Waals surface area contributed by atoms with E-state index in [1.165, 1.54) is 11.8 Å². The third kappa shape index (κ3) is 5.58. The monoisotopic (exact) mass is 472 g/mol. The van der Waals surface area contributed by atoms with Gasteiger partial charge in [0.15, 0.2) is 0 Å². The molecule has 0 bridgehead atoms. The molecule has 0 radical (unpaired) electrons. The molecule has 3 aromatic carbocycles. The van der Waals surface area contributed by atoms with Crippen LogP contribution in [0.3, 0.4) is 0 Å². The summed E-state index contributed by atoms with van der Waals surface area (Å²) in [4.78, 5) is 29.4. The molecule has 0 saturated heterocycles. The molecule has 1 N–H and O–H groups in total. The minimum Gasteiger partial charge on any atom is -0.385 e. The Morgan fingerprint density at radius 2 is 1.76 bits per heavy atom. The summed E-state index contributed by atoms with van der Waals surface area (Å²) in [6.45, 7) is 3.77. The number of carbonyl (C=O) groups excluding carboxylic acids is 2. The van der Waals surface area contributed by atoms with Crippen molar-refractivity contribution >= 4 is 35.3 Å². The smallest absolute Gasteiger partial charge is 0.265 e. The fourth-order valence-corrected chi connectivity index (χ4v) is 4.84. The van der Waals surface area contributed by atoms with Crippen LogP contribution < -0.4 is 10.2 Å². The zero-order chi connectivity index (χ0) is 23.9. The molecule has 34 heavy (non-hydrogen) atoms. The number of methoxy groups -OCH3 is 1. The number of hydrogen-bond acceptors (Lipinski definition) is 4. The van der Waals surface area contributed by atoms with Gasteiger partial charge in [-0.25, -0.2) is 0 Å². The standard InChI is InChI=1S/C28H28N2O3S/c1-20-8-3-4-9-23(20)19-30-24-10-5-6-11-25(24)34-26(28(30)32)18-21-12-14-22(15-13-21)27(31)29-16-7-17-33-2/h3-6,8-15,18H,7,16-17,19H2,1-2H3,(H,29,31). The second kappa shape index (κ2) is 11.2. The van der Waals surface area contributed by atoms with Crippen molar-refractivity contribution in [3.63, 3.8) is 0 Å². The molecule has 1 aliphatic heterocycles. The average Bonchev–Trinajstić information content (AvgIpc) is 2.86. The predicted octanol–water partition coefficient (Wildman–Crippen LogP) is 5.44. The minimum atomic E-state index is -0.114. The van der Waals surface area contributed by atoms with E-state index < -0.39 is 0 Å². The van der Waals surface area contributed by atoms with Gasteiger partial charge in [-0.2, -0.15) is 0 Å². The predicted molar refractivity (Wildman–Crippen MR) is 138 cm³/mol. The Labute approximate surface area is 204 Å². The molecule has 4 rings (SSSR count). The van der Waals surface area contributed by atoms with E-state index in [1.54, 1.807) is 19.2 Å². The number of benzene rings is 3. The SMILES string of the molecule is COCCCNC(=O)c1ccc(C=C2Sc3ccccc3N(Cc3ccccc3C)C2=O)cc1. The van der Waals surface area contributed by atoms with Gasteiger partial charge in [0, 0.05) is 30.7 Å². The highest BCUT2D eigenvalue weighted by Crippen LogP contribution is 2.42. The highest BCUT2D eigenvalue weighted by atomic mass is 32.2. The zero-order valence-corrected chi connectivity index (χ0v) is 20.2. The Kier molecular flexibility index (Phi) is 7.83. The molecule has 0 atom stereocenters. The Hall–Kier alpha value is -3.35. The van der Waals surface area contributed by atoms with Crippen LogP contribution in [-0.4, -0.2) is 32.1 Å². The topological polar surface area (TPSA) is 58.6 Å². The first kappa shape index (κ1) is 23.8. The van der Waals surface area contributed by atoms with Crippen LogP contribution in [0.4, 0.5) is 5.69 Å². The summed E-state index contributed by atoms with van der Waals surface area (Å²) >= 11 is 1.48. The van der Waals surface area contributed by atoms with E-state index >= 15 is 0 Å². The molecule has 0 aliphatic carbocycles. The van der Waals surface area contributed by atoms with E-state index in [-0.39, 0.29) is 11.8 Å². The van der Waals surface area contributed by atoms with Crippen LogP contribution in [0.25, 0.3) is 6.08 Å². The lowest BCUT2D eigenvalue weighted by molar-refractivity contribution is -0.114. The lowest BCUT2D eigenvalue weighted by Gasteiger charge is -2.31. The second-order valence-electron chi connectivity index (χ2n) is 8.12. The lowest BCUT2D eigenvalue weighted by Crippen LogP contribution is -2.33. The van der Waals surface area contributed by atoms with Crippen molar-refractivity contribution < 1.29 is 14.3 Å². The summed E-state index contributed by atoms with van der Waals surface area (Å²) in [5.41, 5.74) is 4.68. The van der Waals surface area contributed by atoms with Crippen molar-refractivity contribution in [2.24, 2.45) is 0 Å². The Bertz CT molecular complexity index is 1200. The van der Waals surface area contributed by atoms with Crippen LogP contribution in [0.2, 0.25) is 0 Å². The van der Waals surface area contributed by atoms with Gasteiger partial charge in [-0.1, -0.05) is 60.3 Å². The number of rotatable bonds is 8. The normalized spacial score (nSPS) is 14.2. The maximum Gasteiger partial charge on any atom is 0.265 e. The highest BCUT2D eigenvalue weighted by molar-refractivity contribution is 8.04. The van der Waals surface area contributed by atoms with Crippen LogP contribution in [0, 0.1) is 6.92 Å². The Morgan fingerprint density at radius 1 is 1.03 bits per heavy atom. The van der Waals surface area contributed by atoms with Crippen molar-refractivity contribution in [2.45, 2.75) is 24.8 Å². The number of nitrogens with one attached hydrogen (secondary N) is 1. The molecule has 5 nitrogen and oxygen atoms in total. The molecule has 1 aliphatic rings. The number of ether oxygens (including phenoxy) is 1. The van der Waals surface area contributed by atoms with E-state index in [0.29, 0.717) is 30.2 Å². The molecule has 6 heteroatoms. The summed E-state index contributed by atoms with van der Waals surface area (Å²) < 4.78 is 5.00. The zero-order valence-electron chi connectivity index (χ0n) is 19.4. The van der Waals surface area contributed by atoms with Gasteiger partial charge in [0.25, 0.3) is 11.8 Å². The fraction of sp³-hybridized carbons (Fsp3) is 0.214. The lowest BCUT2D eigenvalue weighted by atomic mass is 10.1. The molecular formula is C28H28N2O3S. The van der Waals surface area contributed by atoms with Gasteiger partial charge in [-0.3, -0.25) is 9.59 Å². The first-order valence-electron chi connectivity index (χ1n) is 11.3. The van der Waals surface area contributed by atoms with E-state index in [0.717, 1.165) is 33.7 Å². The Balaban J connectivity index is 1.55. The maximum absolute atomic E-state index is 13.5. The first-order valence-corrected chi connectivity index (χ1v) is 12.1. The molecule has 174 valence electrons. The second-order valence-corrected chi connectivity index (χ2v) is 9.20. The van der Waals surface area contributed by atoms with E-state index in [4.69, 9.17) is 4.74 Å². The third-order valence-electron chi connectivity index (χ3n) is 5.70. The van der Waals surface area contributed by atoms with Gasteiger partial charge in [-0.05, 0) is 60.4 Å². The number of hydrogen-bond donors (Lipinski definition) is 1.